The second-order valence-electron chi connectivity index (χ2n) is 8.92. The Morgan fingerprint density at radius 1 is 0.968 bits per heavy atom. The van der Waals surface area contributed by atoms with Crippen molar-refractivity contribution in [2.24, 2.45) is 5.92 Å². The number of piperidine rings is 1. The Balaban J connectivity index is 1.57. The van der Waals surface area contributed by atoms with E-state index < -0.39 is 0 Å². The number of rotatable bonds is 5. The first kappa shape index (κ1) is 20.2. The highest BCUT2D eigenvalue weighted by Gasteiger charge is 2.25. The molecule has 0 amide bonds. The van der Waals surface area contributed by atoms with Gasteiger partial charge in [-0.25, -0.2) is 4.98 Å². The lowest BCUT2D eigenvalue weighted by atomic mass is 9.89. The fourth-order valence-electron chi connectivity index (χ4n) is 5.13. The average Bonchev–Trinajstić information content (AvgIpc) is 2.83. The number of pyridine rings is 1. The molecule has 3 aromatic rings. The number of nitrogens with one attached hydrogen (secondary N) is 1. The van der Waals surface area contributed by atoms with E-state index in [0.29, 0.717) is 17.9 Å². The summed E-state index contributed by atoms with van der Waals surface area (Å²) in [6.07, 6.45) is 10.2. The van der Waals surface area contributed by atoms with Crippen LogP contribution in [0.15, 0.2) is 53.5 Å². The van der Waals surface area contributed by atoms with Gasteiger partial charge in [0.2, 0.25) is 5.95 Å². The standard InChI is InChI=1S/C25H31N5O/c31-23-12-11-20-17-27-25(28-24(20)29(23)18-19-7-3-1-4-8-19)30(21-9-5-2-6-10-21)22-13-15-26-16-14-22/h2,5-6,9-12,17,19,22,26H,1,3-4,7-8,13-16,18H2. The van der Waals surface area contributed by atoms with Crippen molar-refractivity contribution in [3.63, 3.8) is 0 Å². The number of anilines is 2. The van der Waals surface area contributed by atoms with Crippen LogP contribution in [0, 0.1) is 5.92 Å². The number of benzene rings is 1. The molecular weight excluding hydrogens is 386 g/mol. The van der Waals surface area contributed by atoms with Crippen LogP contribution in [0.25, 0.3) is 11.0 Å². The lowest BCUT2D eigenvalue weighted by Gasteiger charge is -2.35. The maximum atomic E-state index is 12.8. The molecule has 1 aliphatic heterocycles. The van der Waals surface area contributed by atoms with Gasteiger partial charge >= 0.3 is 0 Å². The van der Waals surface area contributed by atoms with E-state index in [1.165, 1.54) is 32.1 Å². The molecule has 0 unspecified atom stereocenters. The Kier molecular flexibility index (Phi) is 5.98. The minimum absolute atomic E-state index is 0.0378. The smallest absolute Gasteiger partial charge is 0.252 e. The predicted octanol–water partition coefficient (Wildman–Crippen LogP) is 4.26. The van der Waals surface area contributed by atoms with Crippen molar-refractivity contribution in [2.75, 3.05) is 18.0 Å². The lowest BCUT2D eigenvalue weighted by molar-refractivity contribution is 0.319. The van der Waals surface area contributed by atoms with E-state index in [4.69, 9.17) is 9.97 Å². The van der Waals surface area contributed by atoms with Gasteiger partial charge in [-0.1, -0.05) is 37.5 Å². The van der Waals surface area contributed by atoms with Crippen molar-refractivity contribution >= 4 is 22.7 Å². The second kappa shape index (κ2) is 9.18. The minimum atomic E-state index is 0.0378. The first-order valence-corrected chi connectivity index (χ1v) is 11.7. The van der Waals surface area contributed by atoms with Gasteiger partial charge in [-0.05, 0) is 62.9 Å². The monoisotopic (exact) mass is 417 g/mol. The molecule has 2 fully saturated rings. The number of fused-ring (bicyclic) bond motifs is 1. The molecule has 2 aliphatic rings. The zero-order chi connectivity index (χ0) is 21.0. The van der Waals surface area contributed by atoms with Crippen LogP contribution in [-0.4, -0.2) is 33.7 Å². The van der Waals surface area contributed by atoms with Gasteiger partial charge in [0.1, 0.15) is 5.65 Å². The summed E-state index contributed by atoms with van der Waals surface area (Å²) in [5.74, 6) is 1.25. The van der Waals surface area contributed by atoms with Crippen LogP contribution in [-0.2, 0) is 6.54 Å². The molecule has 162 valence electrons. The fraction of sp³-hybridized carbons (Fsp3) is 0.480. The molecule has 0 bridgehead atoms. The van der Waals surface area contributed by atoms with Gasteiger partial charge in [-0.15, -0.1) is 0 Å². The van der Waals surface area contributed by atoms with E-state index in [0.717, 1.165) is 49.2 Å². The molecule has 1 N–H and O–H groups in total. The van der Waals surface area contributed by atoms with Crippen molar-refractivity contribution in [2.45, 2.75) is 57.5 Å². The molecular formula is C25H31N5O. The van der Waals surface area contributed by atoms with E-state index in [1.54, 1.807) is 6.07 Å². The molecule has 6 heteroatoms. The topological polar surface area (TPSA) is 63.1 Å². The third-order valence-corrected chi connectivity index (χ3v) is 6.80. The van der Waals surface area contributed by atoms with E-state index in [9.17, 15) is 4.79 Å². The summed E-state index contributed by atoms with van der Waals surface area (Å²) in [6.45, 7) is 2.74. The van der Waals surface area contributed by atoms with Gasteiger partial charge in [-0.3, -0.25) is 9.36 Å². The summed E-state index contributed by atoms with van der Waals surface area (Å²) in [7, 11) is 0. The van der Waals surface area contributed by atoms with Crippen LogP contribution in [0.2, 0.25) is 0 Å². The number of nitrogens with zero attached hydrogens (tertiary/aromatic N) is 4. The summed E-state index contributed by atoms with van der Waals surface area (Å²) < 4.78 is 1.89. The quantitative estimate of drug-likeness (QED) is 0.672. The molecule has 3 heterocycles. The Hall–Kier alpha value is -2.73. The molecule has 0 radical (unpaired) electrons. The second-order valence-corrected chi connectivity index (χ2v) is 8.92. The van der Waals surface area contributed by atoms with Crippen LogP contribution in [0.4, 0.5) is 11.6 Å². The average molecular weight is 418 g/mol. The third kappa shape index (κ3) is 4.35. The van der Waals surface area contributed by atoms with Crippen LogP contribution in [0.3, 0.4) is 0 Å². The maximum Gasteiger partial charge on any atom is 0.252 e. The molecule has 0 spiro atoms. The molecule has 2 aromatic heterocycles. The number of hydrogen-bond acceptors (Lipinski definition) is 5. The number of aromatic nitrogens is 3. The summed E-state index contributed by atoms with van der Waals surface area (Å²) in [5, 5.41) is 4.38. The minimum Gasteiger partial charge on any atom is -0.317 e. The van der Waals surface area contributed by atoms with Crippen LogP contribution in [0.1, 0.15) is 44.9 Å². The predicted molar refractivity (Wildman–Crippen MR) is 125 cm³/mol. The first-order chi connectivity index (χ1) is 15.3. The largest absolute Gasteiger partial charge is 0.317 e. The Labute approximate surface area is 183 Å². The van der Waals surface area contributed by atoms with Gasteiger partial charge < -0.3 is 10.2 Å². The number of hydrogen-bond donors (Lipinski definition) is 1. The Morgan fingerprint density at radius 3 is 2.52 bits per heavy atom. The first-order valence-electron chi connectivity index (χ1n) is 11.7. The van der Waals surface area contributed by atoms with Gasteiger partial charge in [0.25, 0.3) is 5.56 Å². The zero-order valence-corrected chi connectivity index (χ0v) is 18.0. The van der Waals surface area contributed by atoms with E-state index in [-0.39, 0.29) is 5.56 Å². The molecule has 1 aromatic carbocycles. The molecule has 1 aliphatic carbocycles. The Bertz CT molecular complexity index is 1070. The van der Waals surface area contributed by atoms with E-state index >= 15 is 0 Å². The van der Waals surface area contributed by atoms with Gasteiger partial charge in [0, 0.05) is 35.9 Å². The lowest BCUT2D eigenvalue weighted by Crippen LogP contribution is -2.41. The molecule has 0 atom stereocenters. The van der Waals surface area contributed by atoms with Crippen molar-refractivity contribution in [1.82, 2.24) is 19.9 Å². The number of para-hydroxylation sites is 1. The highest BCUT2D eigenvalue weighted by atomic mass is 16.1. The van der Waals surface area contributed by atoms with E-state index in [2.05, 4.69) is 34.5 Å². The third-order valence-electron chi connectivity index (χ3n) is 6.80. The van der Waals surface area contributed by atoms with Crippen molar-refractivity contribution in [1.29, 1.82) is 0 Å². The summed E-state index contributed by atoms with van der Waals surface area (Å²) in [6, 6.07) is 14.3. The highest BCUT2D eigenvalue weighted by molar-refractivity contribution is 5.76. The molecule has 1 saturated carbocycles. The van der Waals surface area contributed by atoms with Crippen LogP contribution >= 0.6 is 0 Å². The van der Waals surface area contributed by atoms with Crippen LogP contribution < -0.4 is 15.8 Å². The summed E-state index contributed by atoms with van der Waals surface area (Å²) in [5.41, 5.74) is 1.90. The Morgan fingerprint density at radius 2 is 1.74 bits per heavy atom. The molecule has 6 nitrogen and oxygen atoms in total. The SMILES string of the molecule is O=c1ccc2cnc(N(c3ccccc3)C3CCNCC3)nc2n1CC1CCCCC1. The van der Waals surface area contributed by atoms with Gasteiger partial charge in [-0.2, -0.15) is 4.98 Å². The van der Waals surface area contributed by atoms with Crippen molar-refractivity contribution in [3.8, 4) is 0 Å². The molecule has 5 rings (SSSR count). The van der Waals surface area contributed by atoms with Gasteiger partial charge in [0.15, 0.2) is 0 Å². The van der Waals surface area contributed by atoms with Crippen molar-refractivity contribution in [3.05, 3.63) is 59.0 Å². The van der Waals surface area contributed by atoms with E-state index in [1.807, 2.05) is 22.9 Å². The molecule has 31 heavy (non-hydrogen) atoms. The summed E-state index contributed by atoms with van der Waals surface area (Å²) in [4.78, 5) is 24.9. The fourth-order valence-corrected chi connectivity index (χ4v) is 5.13. The van der Waals surface area contributed by atoms with Crippen LogP contribution in [0.5, 0.6) is 0 Å². The van der Waals surface area contributed by atoms with Gasteiger partial charge in [0.05, 0.1) is 0 Å². The maximum absolute atomic E-state index is 12.8. The van der Waals surface area contributed by atoms with Crippen molar-refractivity contribution < 1.29 is 0 Å². The highest BCUT2D eigenvalue weighted by Crippen LogP contribution is 2.30. The summed E-state index contributed by atoms with van der Waals surface area (Å²) >= 11 is 0. The molecule has 1 saturated heterocycles. The normalized spacial score (nSPS) is 18.3. The zero-order valence-electron chi connectivity index (χ0n) is 18.0.